The largest absolute Gasteiger partial charge is 0.271 e. The van der Waals surface area contributed by atoms with Crippen LogP contribution in [-0.4, -0.2) is 13.3 Å². The number of halogens is 1. The summed E-state index contributed by atoms with van der Waals surface area (Å²) in [5, 5.41) is 10.5. The van der Waals surface area contributed by atoms with Crippen LogP contribution >= 0.6 is 11.6 Å². The van der Waals surface area contributed by atoms with Gasteiger partial charge in [0.2, 0.25) is 0 Å². The normalized spacial score (nSPS) is 11.2. The van der Waals surface area contributed by atoms with Gasteiger partial charge in [-0.1, -0.05) is 41.9 Å². The van der Waals surface area contributed by atoms with Crippen molar-refractivity contribution in [2.24, 2.45) is 0 Å². The lowest BCUT2D eigenvalue weighted by atomic mass is 10.2. The summed E-state index contributed by atoms with van der Waals surface area (Å²) < 4.78 is 24.5. The molecule has 0 aliphatic heterocycles. The van der Waals surface area contributed by atoms with Gasteiger partial charge < -0.3 is 0 Å². The van der Waals surface area contributed by atoms with Crippen molar-refractivity contribution in [2.45, 2.75) is 10.6 Å². The molecule has 0 aliphatic rings. The van der Waals surface area contributed by atoms with Crippen LogP contribution in [-0.2, 0) is 15.6 Å². The van der Waals surface area contributed by atoms with Gasteiger partial charge in [0.05, 0.1) is 20.6 Å². The fourth-order valence-corrected chi connectivity index (χ4v) is 3.67. The average molecular weight is 312 g/mol. The molecule has 0 bridgehead atoms. The van der Waals surface area contributed by atoms with Gasteiger partial charge in [-0.05, 0) is 11.6 Å². The summed E-state index contributed by atoms with van der Waals surface area (Å²) in [6.07, 6.45) is 0. The Labute approximate surface area is 120 Å². The fraction of sp³-hybridized carbons (Fsp3) is 0.0769. The van der Waals surface area contributed by atoms with Gasteiger partial charge in [0.25, 0.3) is 5.69 Å². The van der Waals surface area contributed by atoms with Crippen LogP contribution in [0, 0.1) is 10.1 Å². The summed E-state index contributed by atoms with van der Waals surface area (Å²) in [6, 6.07) is 12.0. The molecule has 20 heavy (non-hydrogen) atoms. The van der Waals surface area contributed by atoms with E-state index in [0.717, 1.165) is 12.1 Å². The Bertz CT molecular complexity index is 744. The number of nitro groups is 1. The Kier molecular flexibility index (Phi) is 4.06. The average Bonchev–Trinajstić information content (AvgIpc) is 2.38. The number of hydrogen-bond acceptors (Lipinski definition) is 4. The van der Waals surface area contributed by atoms with E-state index in [2.05, 4.69) is 0 Å². The van der Waals surface area contributed by atoms with Crippen LogP contribution in [0.3, 0.4) is 0 Å². The topological polar surface area (TPSA) is 77.3 Å². The molecule has 5 nitrogen and oxygen atoms in total. The second kappa shape index (κ2) is 5.60. The predicted molar refractivity (Wildman–Crippen MR) is 75.4 cm³/mol. The second-order valence-electron chi connectivity index (χ2n) is 4.12. The molecule has 0 saturated heterocycles. The Balaban J connectivity index is 2.37. The Hall–Kier alpha value is -1.92. The molecule has 0 radical (unpaired) electrons. The number of nitrogens with zero attached hydrogens (tertiary/aromatic N) is 1. The lowest BCUT2D eigenvalue weighted by Gasteiger charge is -2.06. The zero-order chi connectivity index (χ0) is 14.8. The SMILES string of the molecule is O=[N+]([O-])c1ccc(S(=O)(=O)Cc2ccccc2)c(Cl)c1. The summed E-state index contributed by atoms with van der Waals surface area (Å²) in [5.41, 5.74) is 0.385. The summed E-state index contributed by atoms with van der Waals surface area (Å²) in [5.74, 6) is -0.203. The van der Waals surface area contributed by atoms with Crippen molar-refractivity contribution >= 4 is 27.1 Å². The third kappa shape index (κ3) is 3.15. The first kappa shape index (κ1) is 14.5. The van der Waals surface area contributed by atoms with Gasteiger partial charge in [-0.2, -0.15) is 0 Å². The number of benzene rings is 2. The van der Waals surface area contributed by atoms with Crippen LogP contribution in [0.5, 0.6) is 0 Å². The molecule has 7 heteroatoms. The number of sulfone groups is 1. The highest BCUT2D eigenvalue weighted by Crippen LogP contribution is 2.28. The molecule has 0 fully saturated rings. The van der Waals surface area contributed by atoms with Crippen molar-refractivity contribution in [1.29, 1.82) is 0 Å². The van der Waals surface area contributed by atoms with E-state index < -0.39 is 14.8 Å². The number of hydrogen-bond donors (Lipinski definition) is 0. The minimum absolute atomic E-state index is 0.103. The second-order valence-corrected chi connectivity index (χ2v) is 6.48. The van der Waals surface area contributed by atoms with Gasteiger partial charge in [0, 0.05) is 12.1 Å². The molecule has 0 N–H and O–H groups in total. The summed E-state index contributed by atoms with van der Waals surface area (Å²) >= 11 is 5.84. The molecule has 0 amide bonds. The maximum absolute atomic E-state index is 12.2. The standard InChI is InChI=1S/C13H10ClNO4S/c14-12-8-11(15(16)17)6-7-13(12)20(18,19)9-10-4-2-1-3-5-10/h1-8H,9H2. The van der Waals surface area contributed by atoms with Gasteiger partial charge in [0.15, 0.2) is 9.84 Å². The molecule has 0 atom stereocenters. The summed E-state index contributed by atoms with van der Waals surface area (Å²) in [7, 11) is -3.64. The smallest absolute Gasteiger partial charge is 0.258 e. The van der Waals surface area contributed by atoms with Crippen LogP contribution in [0.25, 0.3) is 0 Å². The zero-order valence-electron chi connectivity index (χ0n) is 10.2. The van der Waals surface area contributed by atoms with Crippen LogP contribution < -0.4 is 0 Å². The molecule has 104 valence electrons. The summed E-state index contributed by atoms with van der Waals surface area (Å²) in [4.78, 5) is 9.87. The molecular formula is C13H10ClNO4S. The Morgan fingerprint density at radius 3 is 2.30 bits per heavy atom. The third-order valence-corrected chi connectivity index (χ3v) is 4.83. The monoisotopic (exact) mass is 311 g/mol. The first-order valence-corrected chi connectivity index (χ1v) is 7.64. The van der Waals surface area contributed by atoms with Gasteiger partial charge in [-0.3, -0.25) is 10.1 Å². The molecule has 0 spiro atoms. The van der Waals surface area contributed by atoms with E-state index in [4.69, 9.17) is 11.6 Å². The molecule has 2 rings (SSSR count). The molecule has 0 aliphatic carbocycles. The maximum atomic E-state index is 12.2. The first-order valence-electron chi connectivity index (χ1n) is 5.61. The molecule has 0 unspecified atom stereocenters. The van der Waals surface area contributed by atoms with Crippen LogP contribution in [0.1, 0.15) is 5.56 Å². The lowest BCUT2D eigenvalue weighted by Crippen LogP contribution is -2.06. The number of non-ortho nitro benzene ring substituents is 1. The zero-order valence-corrected chi connectivity index (χ0v) is 11.8. The highest BCUT2D eigenvalue weighted by Gasteiger charge is 2.21. The van der Waals surface area contributed by atoms with E-state index in [1.54, 1.807) is 30.3 Å². The van der Waals surface area contributed by atoms with E-state index in [9.17, 15) is 18.5 Å². The van der Waals surface area contributed by atoms with Gasteiger partial charge >= 0.3 is 0 Å². The minimum Gasteiger partial charge on any atom is -0.258 e. The summed E-state index contributed by atoms with van der Waals surface area (Å²) in [6.45, 7) is 0. The Morgan fingerprint density at radius 2 is 1.75 bits per heavy atom. The molecule has 0 aromatic heterocycles. The molecule has 2 aromatic rings. The van der Waals surface area contributed by atoms with E-state index >= 15 is 0 Å². The van der Waals surface area contributed by atoms with Crippen LogP contribution in [0.15, 0.2) is 53.4 Å². The van der Waals surface area contributed by atoms with Crippen molar-refractivity contribution in [3.8, 4) is 0 Å². The lowest BCUT2D eigenvalue weighted by molar-refractivity contribution is -0.384. The minimum atomic E-state index is -3.64. The van der Waals surface area contributed by atoms with E-state index in [-0.39, 0.29) is 21.4 Å². The molecule has 0 heterocycles. The Morgan fingerprint density at radius 1 is 1.10 bits per heavy atom. The van der Waals surface area contributed by atoms with E-state index in [1.807, 2.05) is 0 Å². The molecule has 0 saturated carbocycles. The van der Waals surface area contributed by atoms with Gasteiger partial charge in [-0.15, -0.1) is 0 Å². The highest BCUT2D eigenvalue weighted by atomic mass is 35.5. The van der Waals surface area contributed by atoms with Crippen molar-refractivity contribution in [3.05, 3.63) is 69.2 Å². The quantitative estimate of drug-likeness (QED) is 0.641. The predicted octanol–water partition coefficient (Wildman–Crippen LogP) is 3.22. The van der Waals surface area contributed by atoms with E-state index in [1.165, 1.54) is 6.07 Å². The maximum Gasteiger partial charge on any atom is 0.271 e. The number of rotatable bonds is 4. The van der Waals surface area contributed by atoms with Crippen molar-refractivity contribution in [2.75, 3.05) is 0 Å². The molecule has 2 aromatic carbocycles. The highest BCUT2D eigenvalue weighted by molar-refractivity contribution is 7.90. The van der Waals surface area contributed by atoms with Crippen molar-refractivity contribution < 1.29 is 13.3 Å². The molecular weight excluding hydrogens is 302 g/mol. The number of nitro benzene ring substituents is 1. The van der Waals surface area contributed by atoms with Crippen LogP contribution in [0.2, 0.25) is 5.02 Å². The first-order chi connectivity index (χ1) is 9.40. The third-order valence-electron chi connectivity index (χ3n) is 2.66. The van der Waals surface area contributed by atoms with Crippen molar-refractivity contribution in [1.82, 2.24) is 0 Å². The fourth-order valence-electron chi connectivity index (χ4n) is 1.73. The van der Waals surface area contributed by atoms with E-state index in [0.29, 0.717) is 5.56 Å². The van der Waals surface area contributed by atoms with Gasteiger partial charge in [0.1, 0.15) is 0 Å². The van der Waals surface area contributed by atoms with Crippen LogP contribution in [0.4, 0.5) is 5.69 Å². The van der Waals surface area contributed by atoms with Gasteiger partial charge in [-0.25, -0.2) is 8.42 Å². The van der Waals surface area contributed by atoms with Crippen molar-refractivity contribution in [3.63, 3.8) is 0 Å².